The van der Waals surface area contributed by atoms with Crippen LogP contribution in [0.25, 0.3) is 0 Å². The van der Waals surface area contributed by atoms with Gasteiger partial charge in [0.25, 0.3) is 0 Å². The van der Waals surface area contributed by atoms with E-state index in [-0.39, 0.29) is 0 Å². The Bertz CT molecular complexity index is 380. The number of rotatable bonds is 3. The van der Waals surface area contributed by atoms with Crippen LogP contribution in [0.2, 0.25) is 0 Å². The van der Waals surface area contributed by atoms with Crippen molar-refractivity contribution < 1.29 is 4.74 Å². The van der Waals surface area contributed by atoms with E-state index in [0.717, 1.165) is 23.4 Å². The summed E-state index contributed by atoms with van der Waals surface area (Å²) in [6.45, 7) is 0. The smallest absolute Gasteiger partial charge is 0.129 e. The van der Waals surface area contributed by atoms with Crippen LogP contribution >= 0.6 is 0 Å². The molecule has 0 amide bonds. The number of pyridine rings is 1. The molecule has 3 nitrogen and oxygen atoms in total. The summed E-state index contributed by atoms with van der Waals surface area (Å²) in [6, 6.07) is 4.50. The minimum Gasteiger partial charge on any atom is -0.497 e. The Kier molecular flexibility index (Phi) is 2.46. The molecule has 86 valence electrons. The molecule has 16 heavy (non-hydrogen) atoms. The molecule has 0 spiro atoms. The van der Waals surface area contributed by atoms with Crippen molar-refractivity contribution in [2.24, 2.45) is 11.8 Å². The predicted octanol–water partition coefficient (Wildman–Crippen LogP) is 2.69. The summed E-state index contributed by atoms with van der Waals surface area (Å²) in [7, 11) is 1.69. The topological polar surface area (TPSA) is 34.1 Å². The first-order valence-electron chi connectivity index (χ1n) is 6.12. The Morgan fingerprint density at radius 3 is 3.00 bits per heavy atom. The second-order valence-electron chi connectivity index (χ2n) is 5.01. The molecule has 2 aliphatic carbocycles. The lowest BCUT2D eigenvalue weighted by molar-refractivity contribution is 0.413. The number of hydrogen-bond acceptors (Lipinski definition) is 3. The van der Waals surface area contributed by atoms with Crippen LogP contribution in [0, 0.1) is 11.8 Å². The molecule has 2 bridgehead atoms. The monoisotopic (exact) mass is 218 g/mol. The minimum absolute atomic E-state index is 0.637. The Hall–Kier alpha value is -1.25. The molecule has 2 aliphatic rings. The summed E-state index contributed by atoms with van der Waals surface area (Å²) < 4.78 is 5.20. The molecular formula is C13H18N2O. The molecule has 2 fully saturated rings. The average Bonchev–Trinajstić information content (AvgIpc) is 2.91. The number of nitrogens with one attached hydrogen (secondary N) is 1. The molecule has 1 aromatic rings. The average molecular weight is 218 g/mol. The van der Waals surface area contributed by atoms with Crippen LogP contribution < -0.4 is 10.1 Å². The highest BCUT2D eigenvalue weighted by Crippen LogP contribution is 2.45. The normalized spacial score (nSPS) is 31.7. The lowest BCUT2D eigenvalue weighted by Crippen LogP contribution is -2.26. The number of fused-ring (bicyclic) bond motifs is 2. The van der Waals surface area contributed by atoms with E-state index >= 15 is 0 Å². The third-order valence-corrected chi connectivity index (χ3v) is 4.04. The summed E-state index contributed by atoms with van der Waals surface area (Å²) in [6.07, 6.45) is 7.38. The fourth-order valence-corrected chi connectivity index (χ4v) is 3.23. The number of anilines is 1. The fraction of sp³-hybridized carbons (Fsp3) is 0.615. The predicted molar refractivity (Wildman–Crippen MR) is 63.6 cm³/mol. The number of hydrogen-bond donors (Lipinski definition) is 1. The maximum Gasteiger partial charge on any atom is 0.129 e. The minimum atomic E-state index is 0.637. The highest BCUT2D eigenvalue weighted by molar-refractivity contribution is 5.41. The van der Waals surface area contributed by atoms with Gasteiger partial charge in [0, 0.05) is 18.3 Å². The number of methoxy groups -OCH3 is 1. The van der Waals surface area contributed by atoms with Crippen LogP contribution in [0.3, 0.4) is 0 Å². The molecule has 3 atom stereocenters. The summed E-state index contributed by atoms with van der Waals surface area (Å²) in [5.41, 5.74) is 0. The van der Waals surface area contributed by atoms with Crippen molar-refractivity contribution in [2.45, 2.75) is 31.7 Å². The van der Waals surface area contributed by atoms with Crippen molar-refractivity contribution in [3.63, 3.8) is 0 Å². The van der Waals surface area contributed by atoms with Gasteiger partial charge in [-0.25, -0.2) is 4.98 Å². The van der Waals surface area contributed by atoms with Crippen LogP contribution in [0.15, 0.2) is 18.3 Å². The molecule has 3 heteroatoms. The van der Waals surface area contributed by atoms with Crippen molar-refractivity contribution in [2.75, 3.05) is 12.4 Å². The first kappa shape index (κ1) is 9.94. The van der Waals surface area contributed by atoms with E-state index in [0.29, 0.717) is 6.04 Å². The Balaban J connectivity index is 1.69. The zero-order chi connectivity index (χ0) is 11.0. The lowest BCUT2D eigenvalue weighted by Gasteiger charge is -2.23. The molecule has 3 rings (SSSR count). The second kappa shape index (κ2) is 3.96. The quantitative estimate of drug-likeness (QED) is 0.847. The molecule has 0 radical (unpaired) electrons. The largest absolute Gasteiger partial charge is 0.497 e. The Morgan fingerprint density at radius 2 is 2.31 bits per heavy atom. The van der Waals surface area contributed by atoms with Gasteiger partial charge in [0.05, 0.1) is 7.11 Å². The Morgan fingerprint density at radius 1 is 1.38 bits per heavy atom. The highest BCUT2D eigenvalue weighted by atomic mass is 16.5. The molecule has 2 saturated carbocycles. The fourth-order valence-electron chi connectivity index (χ4n) is 3.23. The zero-order valence-electron chi connectivity index (χ0n) is 9.65. The van der Waals surface area contributed by atoms with Gasteiger partial charge in [-0.05, 0) is 37.2 Å². The number of aromatic nitrogens is 1. The second-order valence-corrected chi connectivity index (χ2v) is 5.01. The van der Waals surface area contributed by atoms with E-state index in [1.807, 2.05) is 12.1 Å². The number of ether oxygens (including phenoxy) is 1. The summed E-state index contributed by atoms with van der Waals surface area (Å²) in [5, 5.41) is 3.56. The van der Waals surface area contributed by atoms with Gasteiger partial charge in [-0.1, -0.05) is 6.42 Å². The summed E-state index contributed by atoms with van der Waals surface area (Å²) in [5.74, 6) is 3.67. The molecule has 0 aliphatic heterocycles. The van der Waals surface area contributed by atoms with Gasteiger partial charge < -0.3 is 10.1 Å². The zero-order valence-corrected chi connectivity index (χ0v) is 9.65. The molecular weight excluding hydrogens is 200 g/mol. The van der Waals surface area contributed by atoms with Crippen molar-refractivity contribution in [1.29, 1.82) is 0 Å². The first-order chi connectivity index (χ1) is 7.85. The Labute approximate surface area is 96.2 Å². The van der Waals surface area contributed by atoms with Crippen molar-refractivity contribution in [3.8, 4) is 5.75 Å². The first-order valence-corrected chi connectivity index (χ1v) is 6.12. The van der Waals surface area contributed by atoms with Crippen LogP contribution in [0.1, 0.15) is 25.7 Å². The summed E-state index contributed by atoms with van der Waals surface area (Å²) in [4.78, 5) is 4.34. The SMILES string of the molecule is COc1ccnc(NC2CC3CCC2C3)c1. The van der Waals surface area contributed by atoms with E-state index in [2.05, 4.69) is 10.3 Å². The third-order valence-electron chi connectivity index (χ3n) is 4.04. The van der Waals surface area contributed by atoms with Crippen molar-refractivity contribution >= 4 is 5.82 Å². The maximum atomic E-state index is 5.20. The van der Waals surface area contributed by atoms with Crippen LogP contribution in [0.4, 0.5) is 5.82 Å². The third kappa shape index (κ3) is 1.75. The van der Waals surface area contributed by atoms with Crippen LogP contribution in [-0.4, -0.2) is 18.1 Å². The van der Waals surface area contributed by atoms with Crippen LogP contribution in [-0.2, 0) is 0 Å². The van der Waals surface area contributed by atoms with Crippen molar-refractivity contribution in [3.05, 3.63) is 18.3 Å². The van der Waals surface area contributed by atoms with Gasteiger partial charge in [-0.3, -0.25) is 0 Å². The van der Waals surface area contributed by atoms with Gasteiger partial charge in [-0.2, -0.15) is 0 Å². The van der Waals surface area contributed by atoms with Gasteiger partial charge >= 0.3 is 0 Å². The standard InChI is InChI=1S/C13H18N2O/c1-16-11-4-5-14-13(8-11)15-12-7-9-2-3-10(12)6-9/h4-5,8-10,12H,2-3,6-7H2,1H3,(H,14,15). The lowest BCUT2D eigenvalue weighted by atomic mass is 9.95. The van der Waals surface area contributed by atoms with Gasteiger partial charge in [0.1, 0.15) is 11.6 Å². The van der Waals surface area contributed by atoms with E-state index < -0.39 is 0 Å². The highest BCUT2D eigenvalue weighted by Gasteiger charge is 2.39. The van der Waals surface area contributed by atoms with E-state index in [1.54, 1.807) is 13.3 Å². The van der Waals surface area contributed by atoms with Gasteiger partial charge in [0.15, 0.2) is 0 Å². The van der Waals surface area contributed by atoms with Crippen LogP contribution in [0.5, 0.6) is 5.75 Å². The molecule has 3 unspecified atom stereocenters. The molecule has 1 aromatic heterocycles. The molecule has 1 N–H and O–H groups in total. The molecule has 1 heterocycles. The van der Waals surface area contributed by atoms with Crippen molar-refractivity contribution in [1.82, 2.24) is 4.98 Å². The van der Waals surface area contributed by atoms with Gasteiger partial charge in [-0.15, -0.1) is 0 Å². The van der Waals surface area contributed by atoms with E-state index in [9.17, 15) is 0 Å². The van der Waals surface area contributed by atoms with E-state index in [1.165, 1.54) is 25.7 Å². The molecule has 0 saturated heterocycles. The summed E-state index contributed by atoms with van der Waals surface area (Å²) >= 11 is 0. The van der Waals surface area contributed by atoms with Gasteiger partial charge in [0.2, 0.25) is 0 Å². The number of nitrogens with zero attached hydrogens (tertiary/aromatic N) is 1. The maximum absolute atomic E-state index is 5.20. The molecule has 0 aromatic carbocycles. The van der Waals surface area contributed by atoms with E-state index in [4.69, 9.17) is 4.74 Å².